The zero-order chi connectivity index (χ0) is 17.7. The van der Waals surface area contributed by atoms with Crippen LogP contribution in [0.5, 0.6) is 0 Å². The van der Waals surface area contributed by atoms with Crippen molar-refractivity contribution in [1.29, 1.82) is 0 Å². The highest BCUT2D eigenvalue weighted by Gasteiger charge is 2.28. The standard InChI is InChI=1S/C18H22N2O3S/c1-13(2)17(18(21)19-15-11-9-14(3)10-12-15)20-24(22,23)16-7-5-4-6-8-16/h4-13,17,20H,1-3H3,(H,19,21)/t17-/m0/s1. The van der Waals surface area contributed by atoms with E-state index in [1.165, 1.54) is 12.1 Å². The van der Waals surface area contributed by atoms with E-state index in [4.69, 9.17) is 0 Å². The average molecular weight is 346 g/mol. The van der Waals surface area contributed by atoms with Gasteiger partial charge in [-0.3, -0.25) is 4.79 Å². The minimum atomic E-state index is -3.76. The number of carbonyl (C=O) groups excluding carboxylic acids is 1. The molecule has 2 rings (SSSR count). The van der Waals surface area contributed by atoms with Gasteiger partial charge in [-0.2, -0.15) is 4.72 Å². The van der Waals surface area contributed by atoms with Crippen molar-refractivity contribution in [1.82, 2.24) is 4.72 Å². The summed E-state index contributed by atoms with van der Waals surface area (Å²) in [7, 11) is -3.76. The first-order chi connectivity index (χ1) is 11.3. The van der Waals surface area contributed by atoms with Crippen molar-refractivity contribution in [2.45, 2.75) is 31.7 Å². The van der Waals surface area contributed by atoms with Crippen molar-refractivity contribution in [2.24, 2.45) is 5.92 Å². The second kappa shape index (κ2) is 7.59. The van der Waals surface area contributed by atoms with Crippen molar-refractivity contribution < 1.29 is 13.2 Å². The number of hydrogen-bond acceptors (Lipinski definition) is 3. The van der Waals surface area contributed by atoms with Gasteiger partial charge in [0, 0.05) is 5.69 Å². The largest absolute Gasteiger partial charge is 0.325 e. The van der Waals surface area contributed by atoms with Crippen LogP contribution in [-0.4, -0.2) is 20.4 Å². The van der Waals surface area contributed by atoms with Crippen LogP contribution in [0.4, 0.5) is 5.69 Å². The van der Waals surface area contributed by atoms with Gasteiger partial charge in [0.15, 0.2) is 0 Å². The van der Waals surface area contributed by atoms with E-state index in [0.717, 1.165) is 5.56 Å². The Bertz CT molecular complexity index is 785. The Hall–Kier alpha value is -2.18. The maximum atomic E-state index is 12.5. The maximum absolute atomic E-state index is 12.5. The SMILES string of the molecule is Cc1ccc(NC(=O)[C@@H](NS(=O)(=O)c2ccccc2)C(C)C)cc1. The van der Waals surface area contributed by atoms with Crippen LogP contribution >= 0.6 is 0 Å². The Morgan fingerprint density at radius 3 is 2.08 bits per heavy atom. The Balaban J connectivity index is 2.17. The van der Waals surface area contributed by atoms with E-state index in [2.05, 4.69) is 10.0 Å². The van der Waals surface area contributed by atoms with Crippen molar-refractivity contribution in [3.05, 3.63) is 60.2 Å². The number of sulfonamides is 1. The fourth-order valence-electron chi connectivity index (χ4n) is 2.18. The third-order valence-electron chi connectivity index (χ3n) is 3.60. The van der Waals surface area contributed by atoms with E-state index < -0.39 is 16.1 Å². The van der Waals surface area contributed by atoms with Crippen LogP contribution in [0.1, 0.15) is 19.4 Å². The molecule has 2 aromatic carbocycles. The summed E-state index contributed by atoms with van der Waals surface area (Å²) in [6, 6.07) is 14.5. The van der Waals surface area contributed by atoms with Crippen LogP contribution in [0.15, 0.2) is 59.5 Å². The van der Waals surface area contributed by atoms with Gasteiger partial charge in [0.2, 0.25) is 15.9 Å². The molecule has 0 saturated carbocycles. The van der Waals surface area contributed by atoms with Gasteiger partial charge >= 0.3 is 0 Å². The molecule has 2 aromatic rings. The predicted octanol–water partition coefficient (Wildman–Crippen LogP) is 2.94. The minimum absolute atomic E-state index is 0.138. The van der Waals surface area contributed by atoms with Crippen molar-refractivity contribution in [2.75, 3.05) is 5.32 Å². The monoisotopic (exact) mass is 346 g/mol. The van der Waals surface area contributed by atoms with E-state index in [9.17, 15) is 13.2 Å². The topological polar surface area (TPSA) is 75.3 Å². The molecule has 0 aromatic heterocycles. The summed E-state index contributed by atoms with van der Waals surface area (Å²) in [5, 5.41) is 2.76. The van der Waals surface area contributed by atoms with Gasteiger partial charge in [-0.1, -0.05) is 49.7 Å². The van der Waals surface area contributed by atoms with Gasteiger partial charge in [-0.15, -0.1) is 0 Å². The van der Waals surface area contributed by atoms with Gasteiger partial charge in [0.25, 0.3) is 0 Å². The van der Waals surface area contributed by atoms with Gasteiger partial charge in [0.05, 0.1) is 4.90 Å². The molecule has 0 spiro atoms. The van der Waals surface area contributed by atoms with Crippen LogP contribution in [0, 0.1) is 12.8 Å². The predicted molar refractivity (Wildman–Crippen MR) is 95.2 cm³/mol. The minimum Gasteiger partial charge on any atom is -0.325 e. The van der Waals surface area contributed by atoms with Crippen molar-refractivity contribution >= 4 is 21.6 Å². The van der Waals surface area contributed by atoms with E-state index in [-0.39, 0.29) is 16.7 Å². The number of amides is 1. The van der Waals surface area contributed by atoms with E-state index in [1.54, 1.807) is 44.2 Å². The van der Waals surface area contributed by atoms with Crippen LogP contribution in [0.2, 0.25) is 0 Å². The van der Waals surface area contributed by atoms with Gasteiger partial charge in [0.1, 0.15) is 6.04 Å². The van der Waals surface area contributed by atoms with Gasteiger partial charge in [-0.05, 0) is 37.1 Å². The molecule has 2 N–H and O–H groups in total. The third kappa shape index (κ3) is 4.66. The fraction of sp³-hybridized carbons (Fsp3) is 0.278. The molecule has 0 heterocycles. The normalized spacial score (nSPS) is 12.8. The molecule has 1 atom stereocenters. The summed E-state index contributed by atoms with van der Waals surface area (Å²) in [6.45, 7) is 5.55. The van der Waals surface area contributed by atoms with E-state index in [0.29, 0.717) is 5.69 Å². The molecular weight excluding hydrogens is 324 g/mol. The molecule has 0 fully saturated rings. The average Bonchev–Trinajstić information content (AvgIpc) is 2.55. The van der Waals surface area contributed by atoms with Crippen LogP contribution < -0.4 is 10.0 Å². The summed E-state index contributed by atoms with van der Waals surface area (Å²) in [4.78, 5) is 12.6. The number of nitrogens with one attached hydrogen (secondary N) is 2. The molecule has 6 heteroatoms. The molecule has 0 saturated heterocycles. The number of carbonyl (C=O) groups is 1. The number of benzene rings is 2. The lowest BCUT2D eigenvalue weighted by atomic mass is 10.0. The summed E-state index contributed by atoms with van der Waals surface area (Å²) >= 11 is 0. The smallest absolute Gasteiger partial charge is 0.242 e. The zero-order valence-electron chi connectivity index (χ0n) is 14.0. The molecule has 1 amide bonds. The molecule has 5 nitrogen and oxygen atoms in total. The summed E-state index contributed by atoms with van der Waals surface area (Å²) < 4.78 is 27.4. The van der Waals surface area contributed by atoms with Crippen LogP contribution in [0.3, 0.4) is 0 Å². The second-order valence-electron chi connectivity index (χ2n) is 6.01. The maximum Gasteiger partial charge on any atom is 0.242 e. The lowest BCUT2D eigenvalue weighted by molar-refractivity contribution is -0.118. The molecule has 128 valence electrons. The van der Waals surface area contributed by atoms with Gasteiger partial charge < -0.3 is 5.32 Å². The number of hydrogen-bond donors (Lipinski definition) is 2. The number of anilines is 1. The Labute approximate surface area is 143 Å². The quantitative estimate of drug-likeness (QED) is 0.844. The highest BCUT2D eigenvalue weighted by atomic mass is 32.2. The second-order valence-corrected chi connectivity index (χ2v) is 7.73. The Morgan fingerprint density at radius 2 is 1.54 bits per heavy atom. The van der Waals surface area contributed by atoms with Gasteiger partial charge in [-0.25, -0.2) is 8.42 Å². The first-order valence-electron chi connectivity index (χ1n) is 7.74. The molecule has 0 aliphatic heterocycles. The first kappa shape index (κ1) is 18.2. The lowest BCUT2D eigenvalue weighted by Gasteiger charge is -2.21. The number of aryl methyl sites for hydroxylation is 1. The molecule has 24 heavy (non-hydrogen) atoms. The Morgan fingerprint density at radius 1 is 0.958 bits per heavy atom. The summed E-state index contributed by atoms with van der Waals surface area (Å²) in [6.07, 6.45) is 0. The van der Waals surface area contributed by atoms with Crippen molar-refractivity contribution in [3.8, 4) is 0 Å². The summed E-state index contributed by atoms with van der Waals surface area (Å²) in [5.41, 5.74) is 1.72. The Kier molecular flexibility index (Phi) is 5.75. The summed E-state index contributed by atoms with van der Waals surface area (Å²) in [5.74, 6) is -0.581. The van der Waals surface area contributed by atoms with E-state index in [1.807, 2.05) is 19.1 Å². The lowest BCUT2D eigenvalue weighted by Crippen LogP contribution is -2.47. The number of rotatable bonds is 6. The van der Waals surface area contributed by atoms with Crippen molar-refractivity contribution in [3.63, 3.8) is 0 Å². The molecule has 0 aliphatic rings. The first-order valence-corrected chi connectivity index (χ1v) is 9.23. The fourth-order valence-corrected chi connectivity index (χ4v) is 3.55. The van der Waals surface area contributed by atoms with E-state index >= 15 is 0 Å². The highest BCUT2D eigenvalue weighted by Crippen LogP contribution is 2.14. The van der Waals surface area contributed by atoms with Crippen LogP contribution in [0.25, 0.3) is 0 Å². The zero-order valence-corrected chi connectivity index (χ0v) is 14.8. The molecular formula is C18H22N2O3S. The molecule has 0 unspecified atom stereocenters. The molecule has 0 aliphatic carbocycles. The molecule has 0 bridgehead atoms. The molecule has 0 radical (unpaired) electrons. The third-order valence-corrected chi connectivity index (χ3v) is 5.06. The van der Waals surface area contributed by atoms with Crippen LogP contribution in [-0.2, 0) is 14.8 Å². The highest BCUT2D eigenvalue weighted by molar-refractivity contribution is 7.89.